The van der Waals surface area contributed by atoms with Gasteiger partial charge in [-0.2, -0.15) is 5.26 Å². The van der Waals surface area contributed by atoms with E-state index in [0.717, 1.165) is 47.3 Å². The molecule has 5 rings (SSSR count). The third-order valence-electron chi connectivity index (χ3n) is 7.21. The molecule has 1 unspecified atom stereocenters. The average Bonchev–Trinajstić information content (AvgIpc) is 2.97. The van der Waals surface area contributed by atoms with Gasteiger partial charge in [-0.1, -0.05) is 48.5 Å². The number of hydrogen-bond acceptors (Lipinski definition) is 4. The smallest absolute Gasteiger partial charge is 0.336 e. The number of carbonyl (C=O) groups is 2. The van der Waals surface area contributed by atoms with Gasteiger partial charge in [0, 0.05) is 24.3 Å². The molecule has 0 spiro atoms. The minimum absolute atomic E-state index is 0.128. The van der Waals surface area contributed by atoms with Gasteiger partial charge in [-0.05, 0) is 90.0 Å². The van der Waals surface area contributed by atoms with E-state index >= 15 is 0 Å². The zero-order valence-electron chi connectivity index (χ0n) is 21.7. The van der Waals surface area contributed by atoms with Crippen LogP contribution in [0.25, 0.3) is 11.1 Å². The molecule has 6 nitrogen and oxygen atoms in total. The van der Waals surface area contributed by atoms with Crippen LogP contribution in [0.1, 0.15) is 62.4 Å². The van der Waals surface area contributed by atoms with E-state index in [-0.39, 0.29) is 17.5 Å². The number of nitrogens with zero attached hydrogens (tertiary/aromatic N) is 2. The van der Waals surface area contributed by atoms with E-state index in [2.05, 4.69) is 28.4 Å². The molecule has 1 atom stereocenters. The largest absolute Gasteiger partial charge is 0.478 e. The predicted molar refractivity (Wildman–Crippen MR) is 152 cm³/mol. The molecule has 0 bridgehead atoms. The van der Waals surface area contributed by atoms with Crippen LogP contribution in [0.4, 0.5) is 5.69 Å². The van der Waals surface area contributed by atoms with Crippen molar-refractivity contribution < 1.29 is 14.7 Å². The van der Waals surface area contributed by atoms with E-state index in [1.807, 2.05) is 61.5 Å². The summed E-state index contributed by atoms with van der Waals surface area (Å²) in [5, 5.41) is 21.7. The summed E-state index contributed by atoms with van der Waals surface area (Å²) in [4.78, 5) is 27.1. The second-order valence-corrected chi connectivity index (χ2v) is 9.85. The maximum absolute atomic E-state index is 13.0. The number of carbonyl (C=O) groups excluding carboxylic acids is 1. The molecule has 0 radical (unpaired) electrons. The van der Waals surface area contributed by atoms with Crippen LogP contribution in [0.15, 0.2) is 91.0 Å². The third-order valence-corrected chi connectivity index (χ3v) is 7.21. The van der Waals surface area contributed by atoms with Gasteiger partial charge in [0.1, 0.15) is 0 Å². The van der Waals surface area contributed by atoms with Crippen molar-refractivity contribution in [2.75, 3.05) is 11.4 Å². The van der Waals surface area contributed by atoms with Gasteiger partial charge in [0.05, 0.1) is 23.2 Å². The molecule has 1 heterocycles. The number of rotatable bonds is 7. The van der Waals surface area contributed by atoms with Crippen molar-refractivity contribution in [2.45, 2.75) is 32.4 Å². The van der Waals surface area contributed by atoms with Crippen LogP contribution in [0, 0.1) is 11.3 Å². The van der Waals surface area contributed by atoms with Gasteiger partial charge < -0.3 is 15.3 Å². The number of benzene rings is 4. The van der Waals surface area contributed by atoms with E-state index in [1.54, 1.807) is 24.3 Å². The summed E-state index contributed by atoms with van der Waals surface area (Å²) >= 11 is 0. The Bertz CT molecular complexity index is 1570. The number of carboxylic acid groups (broad SMARTS) is 1. The van der Waals surface area contributed by atoms with Crippen LogP contribution in [-0.2, 0) is 13.0 Å². The lowest BCUT2D eigenvalue weighted by Gasteiger charge is -2.32. The quantitative estimate of drug-likeness (QED) is 0.298. The molecule has 0 saturated carbocycles. The lowest BCUT2D eigenvalue weighted by atomic mass is 9.96. The van der Waals surface area contributed by atoms with Gasteiger partial charge >= 0.3 is 5.97 Å². The maximum atomic E-state index is 13.0. The van der Waals surface area contributed by atoms with Gasteiger partial charge in [-0.25, -0.2) is 4.79 Å². The fraction of sp³-hybridized carbons (Fsp3) is 0.182. The Morgan fingerprint density at radius 1 is 1.00 bits per heavy atom. The Balaban J connectivity index is 1.32. The van der Waals surface area contributed by atoms with Crippen molar-refractivity contribution >= 4 is 17.6 Å². The average molecular weight is 516 g/mol. The number of nitriles is 1. The van der Waals surface area contributed by atoms with Crippen molar-refractivity contribution in [3.05, 3.63) is 124 Å². The highest BCUT2D eigenvalue weighted by Gasteiger charge is 2.20. The number of anilines is 1. The minimum atomic E-state index is -0.938. The summed E-state index contributed by atoms with van der Waals surface area (Å²) < 4.78 is 0. The SMILES string of the molecule is CC(NC(=O)c1ccc2c(c1)CCCN2Cc1cccc(-c2ccccc2C(=O)O)c1)c1ccc(C#N)cc1. The highest BCUT2D eigenvalue weighted by atomic mass is 16.4. The summed E-state index contributed by atoms with van der Waals surface area (Å²) in [6, 6.07) is 30.2. The van der Waals surface area contributed by atoms with Crippen LogP contribution >= 0.6 is 0 Å². The first-order valence-corrected chi connectivity index (χ1v) is 13.0. The highest BCUT2D eigenvalue weighted by Crippen LogP contribution is 2.31. The van der Waals surface area contributed by atoms with Gasteiger partial charge in [0.15, 0.2) is 0 Å². The van der Waals surface area contributed by atoms with Gasteiger partial charge in [-0.15, -0.1) is 0 Å². The molecular weight excluding hydrogens is 486 g/mol. The van der Waals surface area contributed by atoms with Crippen molar-refractivity contribution in [3.8, 4) is 17.2 Å². The Morgan fingerprint density at radius 3 is 2.56 bits per heavy atom. The molecule has 2 N–H and O–H groups in total. The summed E-state index contributed by atoms with van der Waals surface area (Å²) in [7, 11) is 0. The molecule has 4 aromatic rings. The first-order chi connectivity index (χ1) is 18.9. The van der Waals surface area contributed by atoms with E-state index < -0.39 is 5.97 Å². The normalized spacial score (nSPS) is 13.2. The van der Waals surface area contributed by atoms with Crippen LogP contribution in [0.2, 0.25) is 0 Å². The second-order valence-electron chi connectivity index (χ2n) is 9.85. The summed E-state index contributed by atoms with van der Waals surface area (Å²) in [5.41, 5.74) is 7.40. The molecule has 0 aliphatic carbocycles. The number of amides is 1. The molecule has 0 fully saturated rings. The molecule has 1 aliphatic heterocycles. The fourth-order valence-electron chi connectivity index (χ4n) is 5.17. The summed E-state index contributed by atoms with van der Waals surface area (Å²) in [6.07, 6.45) is 1.89. The first kappa shape index (κ1) is 25.7. The summed E-state index contributed by atoms with van der Waals surface area (Å²) in [6.45, 7) is 3.53. The van der Waals surface area contributed by atoms with Crippen LogP contribution in [0.3, 0.4) is 0 Å². The molecular formula is C33H29N3O3. The lowest BCUT2D eigenvalue weighted by Crippen LogP contribution is -2.30. The number of aryl methyl sites for hydroxylation is 1. The molecule has 39 heavy (non-hydrogen) atoms. The number of carboxylic acids is 1. The van der Waals surface area contributed by atoms with Crippen LogP contribution in [-0.4, -0.2) is 23.5 Å². The fourth-order valence-corrected chi connectivity index (χ4v) is 5.17. The molecule has 194 valence electrons. The van der Waals surface area contributed by atoms with E-state index in [4.69, 9.17) is 5.26 Å². The standard InChI is InChI=1S/C33H29N3O3/c1-22(25-13-11-23(20-34)12-14-25)35-32(37)28-15-16-31-27(19-28)8-5-17-36(31)21-24-6-4-7-26(18-24)29-9-2-3-10-30(29)33(38)39/h2-4,6-7,9-16,18-19,22H,5,8,17,21H2,1H3,(H,35,37)(H,38,39). The summed E-state index contributed by atoms with van der Waals surface area (Å²) in [5.74, 6) is -1.07. The topological polar surface area (TPSA) is 93.4 Å². The Morgan fingerprint density at radius 2 is 1.79 bits per heavy atom. The zero-order chi connectivity index (χ0) is 27.4. The van der Waals surface area contributed by atoms with Crippen molar-refractivity contribution in [1.29, 1.82) is 5.26 Å². The molecule has 6 heteroatoms. The van der Waals surface area contributed by atoms with Gasteiger partial charge in [0.2, 0.25) is 0 Å². The zero-order valence-corrected chi connectivity index (χ0v) is 21.7. The lowest BCUT2D eigenvalue weighted by molar-refractivity contribution is 0.0697. The monoisotopic (exact) mass is 515 g/mol. The Hall–Kier alpha value is -4.89. The molecule has 1 aliphatic rings. The van der Waals surface area contributed by atoms with Crippen molar-refractivity contribution in [3.63, 3.8) is 0 Å². The molecule has 4 aromatic carbocycles. The predicted octanol–water partition coefficient (Wildman–Crippen LogP) is 6.37. The third kappa shape index (κ3) is 5.68. The Kier molecular flexibility index (Phi) is 7.42. The van der Waals surface area contributed by atoms with Gasteiger partial charge in [-0.3, -0.25) is 4.79 Å². The maximum Gasteiger partial charge on any atom is 0.336 e. The number of nitrogens with one attached hydrogen (secondary N) is 1. The second kappa shape index (κ2) is 11.2. The van der Waals surface area contributed by atoms with E-state index in [1.165, 1.54) is 0 Å². The van der Waals surface area contributed by atoms with Crippen molar-refractivity contribution in [2.24, 2.45) is 0 Å². The van der Waals surface area contributed by atoms with Gasteiger partial charge in [0.25, 0.3) is 5.91 Å². The molecule has 1 amide bonds. The van der Waals surface area contributed by atoms with Crippen molar-refractivity contribution in [1.82, 2.24) is 5.32 Å². The first-order valence-electron chi connectivity index (χ1n) is 13.0. The molecule has 0 aromatic heterocycles. The molecule has 0 saturated heterocycles. The number of fused-ring (bicyclic) bond motifs is 1. The van der Waals surface area contributed by atoms with Crippen LogP contribution < -0.4 is 10.2 Å². The highest BCUT2D eigenvalue weighted by molar-refractivity contribution is 5.96. The Labute approximate surface area is 228 Å². The number of aromatic carboxylic acids is 1. The number of hydrogen-bond donors (Lipinski definition) is 2. The van der Waals surface area contributed by atoms with E-state index in [9.17, 15) is 14.7 Å². The van der Waals surface area contributed by atoms with Crippen LogP contribution in [0.5, 0.6) is 0 Å². The van der Waals surface area contributed by atoms with E-state index in [0.29, 0.717) is 23.2 Å². The minimum Gasteiger partial charge on any atom is -0.478 e.